The fourth-order valence-electron chi connectivity index (χ4n) is 2.50. The van der Waals surface area contributed by atoms with E-state index in [4.69, 9.17) is 0 Å². The molecule has 1 heterocycles. The van der Waals surface area contributed by atoms with Gasteiger partial charge in [-0.15, -0.1) is 30.6 Å². The summed E-state index contributed by atoms with van der Waals surface area (Å²) < 4.78 is 26.8. The smallest absolute Gasteiger partial charge is 0.191 e. The van der Waals surface area contributed by atoms with Crippen LogP contribution in [0.2, 0.25) is 0 Å². The number of rotatable bonds is 5. The molecule has 0 saturated carbocycles. The van der Waals surface area contributed by atoms with Gasteiger partial charge in [0.05, 0.1) is 12.2 Å². The number of halogens is 3. The van der Waals surface area contributed by atoms with Gasteiger partial charge in [0.25, 0.3) is 0 Å². The van der Waals surface area contributed by atoms with Crippen LogP contribution in [0, 0.1) is 11.6 Å². The van der Waals surface area contributed by atoms with E-state index in [1.54, 1.807) is 6.08 Å². The number of anilines is 1. The van der Waals surface area contributed by atoms with Crippen LogP contribution in [-0.4, -0.2) is 38.2 Å². The third-order valence-electron chi connectivity index (χ3n) is 3.50. The van der Waals surface area contributed by atoms with Crippen molar-refractivity contribution in [3.05, 3.63) is 42.5 Å². The molecule has 7 heteroatoms. The molecule has 4 nitrogen and oxygen atoms in total. The van der Waals surface area contributed by atoms with E-state index in [0.29, 0.717) is 18.8 Å². The van der Waals surface area contributed by atoms with Crippen LogP contribution in [0.3, 0.4) is 0 Å². The van der Waals surface area contributed by atoms with E-state index in [-0.39, 0.29) is 30.0 Å². The molecule has 1 aliphatic rings. The summed E-state index contributed by atoms with van der Waals surface area (Å²) in [5.41, 5.74) is 0.443. The first kappa shape index (κ1) is 19.7. The van der Waals surface area contributed by atoms with Crippen LogP contribution < -0.4 is 15.5 Å². The Bertz CT molecular complexity index is 551. The Labute approximate surface area is 153 Å². The topological polar surface area (TPSA) is 39.7 Å². The fraction of sp³-hybridized carbons (Fsp3) is 0.438. The molecular weight excluding hydrogens is 413 g/mol. The van der Waals surface area contributed by atoms with Gasteiger partial charge >= 0.3 is 0 Å². The molecule has 2 rings (SSSR count). The van der Waals surface area contributed by atoms with Gasteiger partial charge in [-0.1, -0.05) is 6.08 Å². The summed E-state index contributed by atoms with van der Waals surface area (Å²) in [5, 5.41) is 6.50. The zero-order valence-corrected chi connectivity index (χ0v) is 15.5. The number of guanidine groups is 1. The summed E-state index contributed by atoms with van der Waals surface area (Å²) in [6.45, 7) is 8.34. The van der Waals surface area contributed by atoms with Gasteiger partial charge in [-0.05, 0) is 25.5 Å². The molecule has 2 N–H and O–H groups in total. The van der Waals surface area contributed by atoms with E-state index in [2.05, 4.69) is 22.2 Å². The summed E-state index contributed by atoms with van der Waals surface area (Å²) in [5.74, 6) is -0.345. The third-order valence-corrected chi connectivity index (χ3v) is 3.50. The molecule has 1 fully saturated rings. The molecule has 0 bridgehead atoms. The van der Waals surface area contributed by atoms with Gasteiger partial charge in [0, 0.05) is 31.7 Å². The molecule has 1 aromatic carbocycles. The molecule has 0 spiro atoms. The first-order valence-electron chi connectivity index (χ1n) is 7.49. The molecule has 128 valence electrons. The summed E-state index contributed by atoms with van der Waals surface area (Å²) in [7, 11) is 0. The highest BCUT2D eigenvalue weighted by molar-refractivity contribution is 14.0. The van der Waals surface area contributed by atoms with Gasteiger partial charge in [-0.2, -0.15) is 0 Å². The van der Waals surface area contributed by atoms with Crippen LogP contribution in [0.5, 0.6) is 0 Å². The molecule has 1 aliphatic heterocycles. The SMILES string of the molecule is C=CCN=C(NCC)NC1CCN(c2ccc(F)cc2F)C1.I. The quantitative estimate of drug-likeness (QED) is 0.323. The predicted octanol–water partition coefficient (Wildman–Crippen LogP) is 2.90. The highest BCUT2D eigenvalue weighted by Crippen LogP contribution is 2.24. The zero-order chi connectivity index (χ0) is 15.9. The van der Waals surface area contributed by atoms with E-state index in [1.165, 1.54) is 12.1 Å². The van der Waals surface area contributed by atoms with Crippen molar-refractivity contribution in [2.24, 2.45) is 4.99 Å². The Balaban J connectivity index is 0.00000264. The third kappa shape index (κ3) is 5.63. The van der Waals surface area contributed by atoms with E-state index in [9.17, 15) is 8.78 Å². The van der Waals surface area contributed by atoms with E-state index < -0.39 is 11.6 Å². The summed E-state index contributed by atoms with van der Waals surface area (Å²) in [6.07, 6.45) is 2.60. The molecule has 1 aromatic rings. The second kappa shape index (κ2) is 9.69. The number of nitrogens with one attached hydrogen (secondary N) is 2. The van der Waals surface area contributed by atoms with Crippen LogP contribution in [0.15, 0.2) is 35.8 Å². The van der Waals surface area contributed by atoms with Crippen molar-refractivity contribution < 1.29 is 8.78 Å². The molecule has 0 aromatic heterocycles. The number of aliphatic imine (C=N–C) groups is 1. The monoisotopic (exact) mass is 436 g/mol. The van der Waals surface area contributed by atoms with Crippen molar-refractivity contribution in [1.29, 1.82) is 0 Å². The van der Waals surface area contributed by atoms with Gasteiger partial charge < -0.3 is 15.5 Å². The fourth-order valence-corrected chi connectivity index (χ4v) is 2.50. The minimum absolute atomic E-state index is 0. The first-order chi connectivity index (χ1) is 10.6. The normalized spacial score (nSPS) is 17.6. The minimum atomic E-state index is -0.555. The van der Waals surface area contributed by atoms with Crippen LogP contribution in [0.4, 0.5) is 14.5 Å². The highest BCUT2D eigenvalue weighted by atomic mass is 127. The maximum absolute atomic E-state index is 13.8. The van der Waals surface area contributed by atoms with Crippen LogP contribution in [0.25, 0.3) is 0 Å². The van der Waals surface area contributed by atoms with Crippen molar-refractivity contribution in [2.45, 2.75) is 19.4 Å². The Morgan fingerprint density at radius 1 is 1.48 bits per heavy atom. The van der Waals surface area contributed by atoms with Crippen LogP contribution >= 0.6 is 24.0 Å². The molecule has 1 saturated heterocycles. The van der Waals surface area contributed by atoms with Crippen molar-refractivity contribution in [3.63, 3.8) is 0 Å². The summed E-state index contributed by atoms with van der Waals surface area (Å²) in [6, 6.07) is 3.87. The Hall–Kier alpha value is -1.38. The first-order valence-corrected chi connectivity index (χ1v) is 7.49. The predicted molar refractivity (Wildman–Crippen MR) is 102 cm³/mol. The lowest BCUT2D eigenvalue weighted by molar-refractivity contribution is 0.580. The average Bonchev–Trinajstić information content (AvgIpc) is 2.93. The number of benzene rings is 1. The Morgan fingerprint density at radius 3 is 2.91 bits per heavy atom. The van der Waals surface area contributed by atoms with Gasteiger partial charge in [0.15, 0.2) is 5.96 Å². The zero-order valence-electron chi connectivity index (χ0n) is 13.2. The lowest BCUT2D eigenvalue weighted by Gasteiger charge is -2.20. The second-order valence-corrected chi connectivity index (χ2v) is 5.18. The Kier molecular flexibility index (Phi) is 8.29. The number of hydrogen-bond acceptors (Lipinski definition) is 2. The van der Waals surface area contributed by atoms with Crippen molar-refractivity contribution in [1.82, 2.24) is 10.6 Å². The Morgan fingerprint density at radius 2 is 2.26 bits per heavy atom. The lowest BCUT2D eigenvalue weighted by Crippen LogP contribution is -2.44. The highest BCUT2D eigenvalue weighted by Gasteiger charge is 2.25. The number of nitrogens with zero attached hydrogens (tertiary/aromatic N) is 2. The van der Waals surface area contributed by atoms with Crippen molar-refractivity contribution in [2.75, 3.05) is 31.1 Å². The van der Waals surface area contributed by atoms with Gasteiger partial charge in [0.1, 0.15) is 11.6 Å². The largest absolute Gasteiger partial charge is 0.367 e. The molecule has 23 heavy (non-hydrogen) atoms. The maximum Gasteiger partial charge on any atom is 0.191 e. The molecule has 1 unspecified atom stereocenters. The molecule has 0 aliphatic carbocycles. The average molecular weight is 436 g/mol. The maximum atomic E-state index is 13.8. The van der Waals surface area contributed by atoms with E-state index in [0.717, 1.165) is 31.5 Å². The van der Waals surface area contributed by atoms with Gasteiger partial charge in [-0.25, -0.2) is 13.8 Å². The number of hydrogen-bond donors (Lipinski definition) is 2. The summed E-state index contributed by atoms with van der Waals surface area (Å²) in [4.78, 5) is 6.28. The standard InChI is InChI=1S/C16H22F2N4.HI/c1-3-8-20-16(19-4-2)21-13-7-9-22(11-13)15-6-5-12(17)10-14(15)18;/h3,5-6,10,13H,1,4,7-9,11H2,2H3,(H2,19,20,21);1H. The molecule has 1 atom stereocenters. The second-order valence-electron chi connectivity index (χ2n) is 5.18. The minimum Gasteiger partial charge on any atom is -0.367 e. The van der Waals surface area contributed by atoms with Gasteiger partial charge in [-0.3, -0.25) is 0 Å². The van der Waals surface area contributed by atoms with Crippen LogP contribution in [0.1, 0.15) is 13.3 Å². The lowest BCUT2D eigenvalue weighted by atomic mass is 10.2. The molecule has 0 radical (unpaired) electrons. The van der Waals surface area contributed by atoms with Crippen molar-refractivity contribution in [3.8, 4) is 0 Å². The van der Waals surface area contributed by atoms with Crippen LogP contribution in [-0.2, 0) is 0 Å². The molecular formula is C16H23F2IN4. The molecule has 0 amide bonds. The van der Waals surface area contributed by atoms with E-state index in [1.807, 2.05) is 11.8 Å². The summed E-state index contributed by atoms with van der Waals surface area (Å²) >= 11 is 0. The van der Waals surface area contributed by atoms with Gasteiger partial charge in [0.2, 0.25) is 0 Å². The van der Waals surface area contributed by atoms with E-state index >= 15 is 0 Å². The van der Waals surface area contributed by atoms with Crippen molar-refractivity contribution >= 4 is 35.6 Å².